The highest BCUT2D eigenvalue weighted by Gasteiger charge is 2.28. The van der Waals surface area contributed by atoms with Crippen LogP contribution in [0.1, 0.15) is 19.3 Å². The molecular weight excluding hydrogens is 262 g/mol. The van der Waals surface area contributed by atoms with Crippen molar-refractivity contribution in [2.45, 2.75) is 24.2 Å². The maximum Gasteiger partial charge on any atom is 0.245 e. The number of piperidine rings is 1. The van der Waals surface area contributed by atoms with E-state index in [2.05, 4.69) is 4.98 Å². The molecule has 0 saturated carbocycles. The molecule has 6 heteroatoms. The molecule has 0 bridgehead atoms. The third kappa shape index (κ3) is 2.11. The van der Waals surface area contributed by atoms with Crippen LogP contribution in [0.5, 0.6) is 0 Å². The Morgan fingerprint density at radius 1 is 1.16 bits per heavy atom. The molecule has 1 aromatic heterocycles. The first-order chi connectivity index (χ1) is 9.09. The van der Waals surface area contributed by atoms with Crippen LogP contribution in [0.15, 0.2) is 29.3 Å². The van der Waals surface area contributed by atoms with Crippen LogP contribution >= 0.6 is 0 Å². The van der Waals surface area contributed by atoms with E-state index in [-0.39, 0.29) is 0 Å². The van der Waals surface area contributed by atoms with Gasteiger partial charge in [-0.1, -0.05) is 6.42 Å². The van der Waals surface area contributed by atoms with E-state index in [4.69, 9.17) is 5.73 Å². The van der Waals surface area contributed by atoms with Crippen LogP contribution in [-0.4, -0.2) is 30.8 Å². The summed E-state index contributed by atoms with van der Waals surface area (Å²) in [6, 6.07) is 5.28. The van der Waals surface area contributed by atoms with E-state index in [1.165, 1.54) is 0 Å². The molecule has 2 aromatic rings. The first kappa shape index (κ1) is 12.5. The Kier molecular flexibility index (Phi) is 2.99. The number of fused-ring (bicyclic) bond motifs is 1. The Morgan fingerprint density at radius 2 is 1.89 bits per heavy atom. The molecule has 1 fully saturated rings. The molecule has 1 aliphatic rings. The zero-order chi connectivity index (χ0) is 13.5. The summed E-state index contributed by atoms with van der Waals surface area (Å²) in [7, 11) is -3.42. The molecule has 0 radical (unpaired) electrons. The molecule has 0 unspecified atom stereocenters. The number of nitrogens with zero attached hydrogens (tertiary/aromatic N) is 1. The Bertz CT molecular complexity index is 700. The van der Waals surface area contributed by atoms with Crippen molar-refractivity contribution in [3.8, 4) is 0 Å². The summed E-state index contributed by atoms with van der Waals surface area (Å²) in [5.41, 5.74) is 7.12. The van der Waals surface area contributed by atoms with E-state index in [0.29, 0.717) is 29.1 Å². The van der Waals surface area contributed by atoms with E-state index < -0.39 is 10.0 Å². The highest BCUT2D eigenvalue weighted by molar-refractivity contribution is 7.89. The molecule has 0 spiro atoms. The minimum absolute atomic E-state index is 0.330. The molecule has 3 N–H and O–H groups in total. The summed E-state index contributed by atoms with van der Waals surface area (Å²) in [5.74, 6) is 0. The lowest BCUT2D eigenvalue weighted by atomic mass is 10.2. The quantitative estimate of drug-likeness (QED) is 0.824. The van der Waals surface area contributed by atoms with E-state index in [0.717, 1.165) is 24.8 Å². The number of nitrogens with two attached hydrogens (primary N) is 1. The van der Waals surface area contributed by atoms with Gasteiger partial charge >= 0.3 is 0 Å². The molecule has 1 aromatic carbocycles. The summed E-state index contributed by atoms with van der Waals surface area (Å²) < 4.78 is 26.8. The molecule has 2 heterocycles. The molecule has 19 heavy (non-hydrogen) atoms. The predicted octanol–water partition coefficient (Wildman–Crippen LogP) is 1.92. The zero-order valence-corrected chi connectivity index (χ0v) is 11.4. The van der Waals surface area contributed by atoms with Gasteiger partial charge in [0.15, 0.2) is 0 Å². The van der Waals surface area contributed by atoms with Crippen LogP contribution < -0.4 is 5.73 Å². The van der Waals surface area contributed by atoms with Crippen molar-refractivity contribution in [2.24, 2.45) is 0 Å². The number of H-pyrrole nitrogens is 1. The first-order valence-corrected chi connectivity index (χ1v) is 7.90. The van der Waals surface area contributed by atoms with Gasteiger partial charge in [-0.3, -0.25) is 0 Å². The molecule has 1 saturated heterocycles. The second-order valence-electron chi connectivity index (χ2n) is 4.92. The Hall–Kier alpha value is -1.53. The summed E-state index contributed by atoms with van der Waals surface area (Å²) in [6.45, 7) is 1.22. The molecule has 1 aliphatic heterocycles. The first-order valence-electron chi connectivity index (χ1n) is 6.46. The van der Waals surface area contributed by atoms with Gasteiger partial charge in [0, 0.05) is 35.9 Å². The zero-order valence-electron chi connectivity index (χ0n) is 10.6. The lowest BCUT2D eigenvalue weighted by molar-refractivity contribution is 0.347. The number of hydrogen-bond donors (Lipinski definition) is 2. The fourth-order valence-corrected chi connectivity index (χ4v) is 4.24. The third-order valence-corrected chi connectivity index (χ3v) is 5.54. The van der Waals surface area contributed by atoms with Crippen LogP contribution in [0.2, 0.25) is 0 Å². The van der Waals surface area contributed by atoms with E-state index in [1.54, 1.807) is 28.7 Å². The Morgan fingerprint density at radius 3 is 2.63 bits per heavy atom. The fourth-order valence-electron chi connectivity index (χ4n) is 2.57. The smallest absolute Gasteiger partial charge is 0.245 e. The SMILES string of the molecule is Nc1ccc2[nH]cc(S(=O)(=O)N3CCCCC3)c2c1. The summed E-state index contributed by atoms with van der Waals surface area (Å²) >= 11 is 0. The average molecular weight is 279 g/mol. The van der Waals surface area contributed by atoms with Gasteiger partial charge in [0.25, 0.3) is 0 Å². The lowest BCUT2D eigenvalue weighted by Gasteiger charge is -2.25. The summed E-state index contributed by atoms with van der Waals surface area (Å²) in [5, 5.41) is 0.672. The maximum atomic E-state index is 12.6. The average Bonchev–Trinajstić information content (AvgIpc) is 2.83. The van der Waals surface area contributed by atoms with Crippen LogP contribution in [0.3, 0.4) is 0 Å². The highest BCUT2D eigenvalue weighted by atomic mass is 32.2. The predicted molar refractivity (Wildman–Crippen MR) is 75.3 cm³/mol. The van der Waals surface area contributed by atoms with Gasteiger partial charge in [-0.05, 0) is 31.0 Å². The van der Waals surface area contributed by atoms with Gasteiger partial charge in [0.1, 0.15) is 4.90 Å². The van der Waals surface area contributed by atoms with E-state index in [1.807, 2.05) is 0 Å². The second kappa shape index (κ2) is 4.54. The van der Waals surface area contributed by atoms with Crippen LogP contribution in [-0.2, 0) is 10.0 Å². The van der Waals surface area contributed by atoms with Crippen molar-refractivity contribution in [1.29, 1.82) is 0 Å². The monoisotopic (exact) mass is 279 g/mol. The van der Waals surface area contributed by atoms with Gasteiger partial charge in [0.05, 0.1) is 0 Å². The number of sulfonamides is 1. The fraction of sp³-hybridized carbons (Fsp3) is 0.385. The Labute approximate surface area is 112 Å². The number of benzene rings is 1. The number of hydrogen-bond acceptors (Lipinski definition) is 3. The van der Waals surface area contributed by atoms with Crippen molar-refractivity contribution in [2.75, 3.05) is 18.8 Å². The molecule has 5 nitrogen and oxygen atoms in total. The number of aromatic nitrogens is 1. The minimum atomic E-state index is -3.42. The molecule has 0 amide bonds. The van der Waals surface area contributed by atoms with Crippen molar-refractivity contribution in [1.82, 2.24) is 9.29 Å². The van der Waals surface area contributed by atoms with E-state index in [9.17, 15) is 8.42 Å². The topological polar surface area (TPSA) is 79.2 Å². The minimum Gasteiger partial charge on any atom is -0.399 e. The number of aromatic amines is 1. The number of anilines is 1. The molecule has 0 aliphatic carbocycles. The maximum absolute atomic E-state index is 12.6. The molecule has 3 rings (SSSR count). The molecular formula is C13H17N3O2S. The second-order valence-corrected chi connectivity index (χ2v) is 6.83. The summed E-state index contributed by atoms with van der Waals surface area (Å²) in [6.07, 6.45) is 4.54. The van der Waals surface area contributed by atoms with Gasteiger partial charge in [-0.15, -0.1) is 0 Å². The van der Waals surface area contributed by atoms with Crippen LogP contribution in [0.25, 0.3) is 10.9 Å². The lowest BCUT2D eigenvalue weighted by Crippen LogP contribution is -2.35. The molecule has 102 valence electrons. The summed E-state index contributed by atoms with van der Waals surface area (Å²) in [4.78, 5) is 3.33. The van der Waals surface area contributed by atoms with Gasteiger partial charge < -0.3 is 10.7 Å². The Balaban J connectivity index is 2.10. The number of nitrogen functional groups attached to an aromatic ring is 1. The normalized spacial score (nSPS) is 17.9. The standard InChI is InChI=1S/C13H17N3O2S/c14-10-4-5-12-11(8-10)13(9-15-12)19(17,18)16-6-2-1-3-7-16/h4-5,8-9,15H,1-3,6-7,14H2. The van der Waals surface area contributed by atoms with Crippen molar-refractivity contribution in [3.63, 3.8) is 0 Å². The molecule has 0 atom stereocenters. The van der Waals surface area contributed by atoms with Crippen molar-refractivity contribution >= 4 is 26.6 Å². The van der Waals surface area contributed by atoms with Crippen LogP contribution in [0, 0.1) is 0 Å². The van der Waals surface area contributed by atoms with E-state index >= 15 is 0 Å². The third-order valence-electron chi connectivity index (χ3n) is 3.60. The highest BCUT2D eigenvalue weighted by Crippen LogP contribution is 2.28. The largest absolute Gasteiger partial charge is 0.399 e. The van der Waals surface area contributed by atoms with Crippen molar-refractivity contribution in [3.05, 3.63) is 24.4 Å². The number of rotatable bonds is 2. The van der Waals surface area contributed by atoms with Gasteiger partial charge in [0.2, 0.25) is 10.0 Å². The number of nitrogens with one attached hydrogen (secondary N) is 1. The van der Waals surface area contributed by atoms with Crippen LogP contribution in [0.4, 0.5) is 5.69 Å². The van der Waals surface area contributed by atoms with Gasteiger partial charge in [-0.25, -0.2) is 8.42 Å². The van der Waals surface area contributed by atoms with Crippen molar-refractivity contribution < 1.29 is 8.42 Å². The van der Waals surface area contributed by atoms with Gasteiger partial charge in [-0.2, -0.15) is 4.31 Å².